The maximum absolute atomic E-state index is 11.8. The van der Waals surface area contributed by atoms with E-state index in [1.54, 1.807) is 24.3 Å². The van der Waals surface area contributed by atoms with Crippen LogP contribution in [0, 0.1) is 0 Å². The van der Waals surface area contributed by atoms with Gasteiger partial charge in [-0.05, 0) is 12.1 Å². The van der Waals surface area contributed by atoms with Crippen molar-refractivity contribution < 1.29 is 24.2 Å². The normalized spacial score (nSPS) is 9.86. The number of rotatable bonds is 9. The van der Waals surface area contributed by atoms with Gasteiger partial charge in [0, 0.05) is 6.54 Å². The second kappa shape index (κ2) is 9.67. The Hall–Kier alpha value is -2.22. The molecule has 2 amide bonds. The van der Waals surface area contributed by atoms with E-state index in [0.717, 1.165) is 11.8 Å². The van der Waals surface area contributed by atoms with E-state index in [4.69, 9.17) is 9.84 Å². The molecule has 0 saturated heterocycles. The van der Waals surface area contributed by atoms with Gasteiger partial charge < -0.3 is 20.5 Å². The predicted molar refractivity (Wildman–Crippen MR) is 84.2 cm³/mol. The van der Waals surface area contributed by atoms with Crippen molar-refractivity contribution in [3.05, 3.63) is 24.3 Å². The minimum absolute atomic E-state index is 0.0855. The summed E-state index contributed by atoms with van der Waals surface area (Å²) >= 11 is 1.15. The largest absolute Gasteiger partial charge is 0.495 e. The zero-order valence-corrected chi connectivity index (χ0v) is 12.9. The SMILES string of the molecule is COc1ccccc1NC(=O)CSCC(=O)NCCC(=O)O. The van der Waals surface area contributed by atoms with Gasteiger partial charge in [0.2, 0.25) is 11.8 Å². The van der Waals surface area contributed by atoms with Gasteiger partial charge in [0.1, 0.15) is 5.75 Å². The first kappa shape index (κ1) is 17.8. The number of amides is 2. The molecule has 1 aromatic carbocycles. The van der Waals surface area contributed by atoms with E-state index in [2.05, 4.69) is 10.6 Å². The van der Waals surface area contributed by atoms with Gasteiger partial charge in [-0.3, -0.25) is 14.4 Å². The monoisotopic (exact) mass is 326 g/mol. The second-order valence-corrected chi connectivity index (χ2v) is 5.22. The minimum atomic E-state index is -0.968. The van der Waals surface area contributed by atoms with Gasteiger partial charge in [-0.15, -0.1) is 11.8 Å². The third-order valence-electron chi connectivity index (χ3n) is 2.51. The molecule has 22 heavy (non-hydrogen) atoms. The molecule has 0 radical (unpaired) electrons. The van der Waals surface area contributed by atoms with Crippen molar-refractivity contribution >= 4 is 35.2 Å². The highest BCUT2D eigenvalue weighted by Gasteiger charge is 2.08. The molecule has 0 atom stereocenters. The summed E-state index contributed by atoms with van der Waals surface area (Å²) in [6.45, 7) is 0.0855. The lowest BCUT2D eigenvalue weighted by Gasteiger charge is -2.09. The molecule has 3 N–H and O–H groups in total. The summed E-state index contributed by atoms with van der Waals surface area (Å²) < 4.78 is 5.12. The van der Waals surface area contributed by atoms with E-state index in [1.165, 1.54) is 7.11 Å². The summed E-state index contributed by atoms with van der Waals surface area (Å²) in [4.78, 5) is 33.4. The number of carbonyl (C=O) groups excluding carboxylic acids is 2. The molecular weight excluding hydrogens is 308 g/mol. The number of nitrogens with one attached hydrogen (secondary N) is 2. The zero-order valence-electron chi connectivity index (χ0n) is 12.1. The number of methoxy groups -OCH3 is 1. The molecule has 7 nitrogen and oxygen atoms in total. The molecule has 0 fully saturated rings. The van der Waals surface area contributed by atoms with E-state index in [-0.39, 0.29) is 36.3 Å². The third-order valence-corrected chi connectivity index (χ3v) is 3.44. The Balaban J connectivity index is 2.26. The van der Waals surface area contributed by atoms with Gasteiger partial charge in [0.05, 0.1) is 30.7 Å². The van der Waals surface area contributed by atoms with Gasteiger partial charge in [0.25, 0.3) is 0 Å². The number of hydrogen-bond acceptors (Lipinski definition) is 5. The first-order chi connectivity index (χ1) is 10.5. The molecule has 0 aliphatic rings. The number of hydrogen-bond donors (Lipinski definition) is 3. The summed E-state index contributed by atoms with van der Waals surface area (Å²) in [5.41, 5.74) is 0.571. The van der Waals surface area contributed by atoms with Crippen molar-refractivity contribution in [1.82, 2.24) is 5.32 Å². The van der Waals surface area contributed by atoms with Crippen LogP contribution in [0.1, 0.15) is 6.42 Å². The first-order valence-electron chi connectivity index (χ1n) is 6.52. The van der Waals surface area contributed by atoms with Crippen LogP contribution in [-0.4, -0.2) is 48.1 Å². The van der Waals surface area contributed by atoms with Gasteiger partial charge in [0.15, 0.2) is 0 Å². The fraction of sp³-hybridized carbons (Fsp3) is 0.357. The molecule has 1 rings (SSSR count). The number of benzene rings is 1. The molecule has 0 saturated carbocycles. The maximum Gasteiger partial charge on any atom is 0.305 e. The van der Waals surface area contributed by atoms with E-state index >= 15 is 0 Å². The smallest absolute Gasteiger partial charge is 0.305 e. The molecular formula is C14H18N2O5S. The molecule has 0 aliphatic heterocycles. The molecule has 120 valence electrons. The van der Waals surface area contributed by atoms with Crippen LogP contribution in [0.4, 0.5) is 5.69 Å². The average molecular weight is 326 g/mol. The topological polar surface area (TPSA) is 105 Å². The van der Waals surface area contributed by atoms with Gasteiger partial charge in [-0.2, -0.15) is 0 Å². The molecule has 0 aromatic heterocycles. The predicted octanol–water partition coefficient (Wildman–Crippen LogP) is 0.958. The fourth-order valence-corrected chi connectivity index (χ4v) is 2.18. The Labute approximate surface area is 132 Å². The Bertz CT molecular complexity index is 536. The summed E-state index contributed by atoms with van der Waals surface area (Å²) in [5, 5.41) is 13.6. The molecule has 0 bridgehead atoms. The highest BCUT2D eigenvalue weighted by molar-refractivity contribution is 8.00. The number of ether oxygens (including phenoxy) is 1. The lowest BCUT2D eigenvalue weighted by molar-refractivity contribution is -0.136. The molecule has 8 heteroatoms. The number of carboxylic acid groups (broad SMARTS) is 1. The third kappa shape index (κ3) is 6.98. The van der Waals surface area contributed by atoms with Crippen LogP contribution >= 0.6 is 11.8 Å². The van der Waals surface area contributed by atoms with Gasteiger partial charge in [-0.25, -0.2) is 0 Å². The highest BCUT2D eigenvalue weighted by atomic mass is 32.2. The molecule has 1 aromatic rings. The van der Waals surface area contributed by atoms with Crippen molar-refractivity contribution in [3.8, 4) is 5.75 Å². The van der Waals surface area contributed by atoms with Crippen LogP contribution in [0.2, 0.25) is 0 Å². The minimum Gasteiger partial charge on any atom is -0.495 e. The van der Waals surface area contributed by atoms with E-state index < -0.39 is 5.97 Å². The van der Waals surface area contributed by atoms with Gasteiger partial charge >= 0.3 is 5.97 Å². The van der Waals surface area contributed by atoms with Crippen LogP contribution < -0.4 is 15.4 Å². The molecule has 0 aliphatic carbocycles. The van der Waals surface area contributed by atoms with Crippen LogP contribution in [0.15, 0.2) is 24.3 Å². The van der Waals surface area contributed by atoms with E-state index in [0.29, 0.717) is 11.4 Å². The zero-order chi connectivity index (χ0) is 16.4. The average Bonchev–Trinajstić information content (AvgIpc) is 2.47. The number of carboxylic acids is 1. The first-order valence-corrected chi connectivity index (χ1v) is 7.67. The van der Waals surface area contributed by atoms with Crippen LogP contribution in [0.25, 0.3) is 0 Å². The van der Waals surface area contributed by atoms with Gasteiger partial charge in [-0.1, -0.05) is 12.1 Å². The summed E-state index contributed by atoms with van der Waals surface area (Å²) in [7, 11) is 1.52. The van der Waals surface area contributed by atoms with E-state index in [9.17, 15) is 14.4 Å². The Morgan fingerprint density at radius 3 is 2.55 bits per heavy atom. The summed E-state index contributed by atoms with van der Waals surface area (Å²) in [5.74, 6) is -0.732. The number of aliphatic carboxylic acids is 1. The molecule has 0 spiro atoms. The lowest BCUT2D eigenvalue weighted by atomic mass is 10.3. The molecule has 0 heterocycles. The Kier molecular flexibility index (Phi) is 7.84. The van der Waals surface area contributed by atoms with Crippen molar-refractivity contribution in [3.63, 3.8) is 0 Å². The second-order valence-electron chi connectivity index (χ2n) is 4.23. The van der Waals surface area contributed by atoms with E-state index in [1.807, 2.05) is 0 Å². The van der Waals surface area contributed by atoms with Crippen LogP contribution in [0.3, 0.4) is 0 Å². The summed E-state index contributed by atoms with van der Waals surface area (Å²) in [6, 6.07) is 7.03. The number of thioether (sulfide) groups is 1. The molecule has 0 unspecified atom stereocenters. The number of carbonyl (C=O) groups is 3. The van der Waals surface area contributed by atoms with Crippen molar-refractivity contribution in [1.29, 1.82) is 0 Å². The standard InChI is InChI=1S/C14H18N2O5S/c1-21-11-5-3-2-4-10(11)16-13(18)9-22-8-12(17)15-7-6-14(19)20/h2-5H,6-9H2,1H3,(H,15,17)(H,16,18)(H,19,20). The van der Waals surface area contributed by atoms with Crippen molar-refractivity contribution in [2.45, 2.75) is 6.42 Å². The van der Waals surface area contributed by atoms with Crippen molar-refractivity contribution in [2.75, 3.05) is 30.5 Å². The lowest BCUT2D eigenvalue weighted by Crippen LogP contribution is -2.28. The van der Waals surface area contributed by atoms with Crippen molar-refractivity contribution in [2.24, 2.45) is 0 Å². The Morgan fingerprint density at radius 1 is 1.18 bits per heavy atom. The highest BCUT2D eigenvalue weighted by Crippen LogP contribution is 2.23. The fourth-order valence-electron chi connectivity index (χ4n) is 1.53. The Morgan fingerprint density at radius 2 is 1.86 bits per heavy atom. The van der Waals surface area contributed by atoms with Crippen LogP contribution in [-0.2, 0) is 14.4 Å². The van der Waals surface area contributed by atoms with Crippen LogP contribution in [0.5, 0.6) is 5.75 Å². The number of anilines is 1. The number of para-hydroxylation sites is 2. The summed E-state index contributed by atoms with van der Waals surface area (Å²) in [6.07, 6.45) is -0.120. The maximum atomic E-state index is 11.8. The quantitative estimate of drug-likeness (QED) is 0.624.